The Kier molecular flexibility index (Phi) is 5.70. The van der Waals surface area contributed by atoms with Gasteiger partial charge in [-0.2, -0.15) is 0 Å². The summed E-state index contributed by atoms with van der Waals surface area (Å²) in [5.74, 6) is 0.188. The number of rotatable bonds is 6. The van der Waals surface area contributed by atoms with Gasteiger partial charge in [0.2, 0.25) is 11.9 Å². The van der Waals surface area contributed by atoms with E-state index < -0.39 is 0 Å². The first-order chi connectivity index (χ1) is 12.9. The van der Waals surface area contributed by atoms with Gasteiger partial charge in [-0.1, -0.05) is 11.8 Å². The molecule has 0 bridgehead atoms. The standard InChI is InChI=1S/C18H19N5O3S/c1-11-9-12(2)21-17(20-11)22-14-5-3-13(4-6-14)16(25)19-7-8-23-15(24)10-27-18(23)26/h3-6,9H,7-8,10H2,1-2H3,(H,19,25)(H,20,21,22). The number of benzene rings is 1. The number of carbonyl (C=O) groups is 3. The fourth-order valence-electron chi connectivity index (χ4n) is 2.60. The molecule has 27 heavy (non-hydrogen) atoms. The summed E-state index contributed by atoms with van der Waals surface area (Å²) >= 11 is 0.980. The number of hydrogen-bond acceptors (Lipinski definition) is 7. The van der Waals surface area contributed by atoms with E-state index in [4.69, 9.17) is 0 Å². The molecule has 0 unspecified atom stereocenters. The highest BCUT2D eigenvalue weighted by Gasteiger charge is 2.29. The molecule has 1 saturated heterocycles. The number of carbonyl (C=O) groups excluding carboxylic acids is 3. The average Bonchev–Trinajstić information content (AvgIpc) is 2.93. The predicted molar refractivity (Wildman–Crippen MR) is 103 cm³/mol. The summed E-state index contributed by atoms with van der Waals surface area (Å²) in [5.41, 5.74) is 2.99. The summed E-state index contributed by atoms with van der Waals surface area (Å²) in [6.07, 6.45) is 0. The van der Waals surface area contributed by atoms with Crippen LogP contribution in [-0.2, 0) is 4.79 Å². The van der Waals surface area contributed by atoms with Crippen molar-refractivity contribution in [2.24, 2.45) is 0 Å². The van der Waals surface area contributed by atoms with E-state index in [9.17, 15) is 14.4 Å². The first-order valence-corrected chi connectivity index (χ1v) is 9.35. The van der Waals surface area contributed by atoms with E-state index in [0.717, 1.165) is 33.7 Å². The Morgan fingerprint density at radius 1 is 1.15 bits per heavy atom. The van der Waals surface area contributed by atoms with E-state index in [2.05, 4.69) is 20.6 Å². The number of thioether (sulfide) groups is 1. The van der Waals surface area contributed by atoms with E-state index in [1.807, 2.05) is 19.9 Å². The van der Waals surface area contributed by atoms with Gasteiger partial charge in [0.15, 0.2) is 0 Å². The number of imide groups is 1. The summed E-state index contributed by atoms with van der Waals surface area (Å²) in [6, 6.07) is 8.78. The normalized spacial score (nSPS) is 13.8. The quantitative estimate of drug-likeness (QED) is 0.786. The molecule has 3 amide bonds. The number of nitrogens with zero attached hydrogens (tertiary/aromatic N) is 3. The Bertz CT molecular complexity index is 849. The fraction of sp³-hybridized carbons (Fsp3) is 0.278. The molecule has 1 aromatic heterocycles. The third kappa shape index (κ3) is 4.82. The lowest BCUT2D eigenvalue weighted by atomic mass is 10.2. The lowest BCUT2D eigenvalue weighted by Gasteiger charge is -2.13. The zero-order valence-electron chi connectivity index (χ0n) is 15.0. The summed E-state index contributed by atoms with van der Waals surface area (Å²) in [7, 11) is 0. The highest BCUT2D eigenvalue weighted by atomic mass is 32.2. The van der Waals surface area contributed by atoms with Gasteiger partial charge in [0.1, 0.15) is 0 Å². The molecule has 140 valence electrons. The summed E-state index contributed by atoms with van der Waals surface area (Å²) < 4.78 is 0. The molecule has 1 aliphatic heterocycles. The van der Waals surface area contributed by atoms with Crippen LogP contribution in [0.15, 0.2) is 30.3 Å². The minimum Gasteiger partial charge on any atom is -0.350 e. The predicted octanol–water partition coefficient (Wildman–Crippen LogP) is 2.26. The highest BCUT2D eigenvalue weighted by molar-refractivity contribution is 8.14. The smallest absolute Gasteiger partial charge is 0.288 e. The molecule has 1 fully saturated rings. The van der Waals surface area contributed by atoms with Gasteiger partial charge in [0.05, 0.1) is 5.75 Å². The van der Waals surface area contributed by atoms with Crippen LogP contribution in [0.2, 0.25) is 0 Å². The zero-order valence-corrected chi connectivity index (χ0v) is 15.8. The van der Waals surface area contributed by atoms with Crippen LogP contribution in [0, 0.1) is 13.8 Å². The third-order valence-electron chi connectivity index (χ3n) is 3.85. The minimum absolute atomic E-state index is 0.172. The molecule has 2 heterocycles. The maximum absolute atomic E-state index is 12.2. The first kappa shape index (κ1) is 18.8. The number of aryl methyl sites for hydroxylation is 2. The minimum atomic E-state index is -0.268. The molecule has 0 aliphatic carbocycles. The van der Waals surface area contributed by atoms with Crippen molar-refractivity contribution in [2.45, 2.75) is 13.8 Å². The number of anilines is 2. The van der Waals surface area contributed by atoms with Gasteiger partial charge in [0.25, 0.3) is 11.1 Å². The van der Waals surface area contributed by atoms with Gasteiger partial charge in [-0.3, -0.25) is 19.3 Å². The van der Waals surface area contributed by atoms with Crippen LogP contribution in [-0.4, -0.2) is 50.8 Å². The lowest BCUT2D eigenvalue weighted by molar-refractivity contribution is -0.124. The Hall–Kier alpha value is -2.94. The van der Waals surface area contributed by atoms with Crippen LogP contribution >= 0.6 is 11.8 Å². The fourth-order valence-corrected chi connectivity index (χ4v) is 3.35. The van der Waals surface area contributed by atoms with E-state index in [1.54, 1.807) is 24.3 Å². The molecule has 2 N–H and O–H groups in total. The number of amides is 3. The van der Waals surface area contributed by atoms with Crippen molar-refractivity contribution < 1.29 is 14.4 Å². The zero-order chi connectivity index (χ0) is 19.4. The number of aromatic nitrogens is 2. The Balaban J connectivity index is 1.54. The van der Waals surface area contributed by atoms with E-state index in [-0.39, 0.29) is 35.9 Å². The van der Waals surface area contributed by atoms with Gasteiger partial charge in [-0.25, -0.2) is 9.97 Å². The van der Waals surface area contributed by atoms with Gasteiger partial charge in [-0.05, 0) is 44.2 Å². The molecule has 0 spiro atoms. The van der Waals surface area contributed by atoms with E-state index >= 15 is 0 Å². The maximum Gasteiger partial charge on any atom is 0.288 e. The Labute approximate surface area is 160 Å². The second-order valence-electron chi connectivity index (χ2n) is 6.03. The molecule has 8 nitrogen and oxygen atoms in total. The van der Waals surface area contributed by atoms with Crippen molar-refractivity contribution in [3.05, 3.63) is 47.3 Å². The monoisotopic (exact) mass is 385 g/mol. The van der Waals surface area contributed by atoms with E-state index in [1.165, 1.54) is 0 Å². The second-order valence-corrected chi connectivity index (χ2v) is 6.96. The number of nitrogens with one attached hydrogen (secondary N) is 2. The Morgan fingerprint density at radius 3 is 2.41 bits per heavy atom. The van der Waals surface area contributed by atoms with Crippen molar-refractivity contribution in [3.8, 4) is 0 Å². The summed E-state index contributed by atoms with van der Waals surface area (Å²) in [4.78, 5) is 45.0. The van der Waals surface area contributed by atoms with Gasteiger partial charge < -0.3 is 10.6 Å². The largest absolute Gasteiger partial charge is 0.350 e. The Morgan fingerprint density at radius 2 is 1.81 bits per heavy atom. The van der Waals surface area contributed by atoms with Crippen LogP contribution in [0.25, 0.3) is 0 Å². The molecule has 9 heteroatoms. The van der Waals surface area contributed by atoms with Crippen LogP contribution in [0.4, 0.5) is 16.4 Å². The van der Waals surface area contributed by atoms with Crippen molar-refractivity contribution in [2.75, 3.05) is 24.2 Å². The molecule has 2 aromatic rings. The molecule has 1 aromatic carbocycles. The van der Waals surface area contributed by atoms with Crippen molar-refractivity contribution in [1.29, 1.82) is 0 Å². The first-order valence-electron chi connectivity index (χ1n) is 8.37. The lowest BCUT2D eigenvalue weighted by Crippen LogP contribution is -2.37. The van der Waals surface area contributed by atoms with Crippen LogP contribution < -0.4 is 10.6 Å². The maximum atomic E-state index is 12.2. The highest BCUT2D eigenvalue weighted by Crippen LogP contribution is 2.18. The topological polar surface area (TPSA) is 104 Å². The van der Waals surface area contributed by atoms with E-state index in [0.29, 0.717) is 11.5 Å². The SMILES string of the molecule is Cc1cc(C)nc(Nc2ccc(C(=O)NCCN3C(=O)CSC3=O)cc2)n1. The summed E-state index contributed by atoms with van der Waals surface area (Å²) in [5, 5.41) is 5.55. The van der Waals surface area contributed by atoms with Crippen molar-refractivity contribution in [1.82, 2.24) is 20.2 Å². The van der Waals surface area contributed by atoms with Crippen molar-refractivity contribution in [3.63, 3.8) is 0 Å². The molecular weight excluding hydrogens is 366 g/mol. The second kappa shape index (κ2) is 8.17. The molecule has 1 aliphatic rings. The third-order valence-corrected chi connectivity index (χ3v) is 4.71. The van der Waals surface area contributed by atoms with Crippen LogP contribution in [0.3, 0.4) is 0 Å². The molecule has 0 saturated carbocycles. The molecule has 0 radical (unpaired) electrons. The molecular formula is C18H19N5O3S. The van der Waals surface area contributed by atoms with Crippen LogP contribution in [0.1, 0.15) is 21.7 Å². The van der Waals surface area contributed by atoms with Gasteiger partial charge in [0, 0.05) is 35.7 Å². The number of hydrogen-bond donors (Lipinski definition) is 2. The molecule has 3 rings (SSSR count). The van der Waals surface area contributed by atoms with Gasteiger partial charge >= 0.3 is 0 Å². The van der Waals surface area contributed by atoms with Gasteiger partial charge in [-0.15, -0.1) is 0 Å². The van der Waals surface area contributed by atoms with Crippen molar-refractivity contribution >= 4 is 40.5 Å². The van der Waals surface area contributed by atoms with Crippen LogP contribution in [0.5, 0.6) is 0 Å². The molecule has 0 atom stereocenters. The summed E-state index contributed by atoms with van der Waals surface area (Å²) in [6.45, 7) is 4.19. The average molecular weight is 385 g/mol.